The number of rotatable bonds is 9. The first-order valence-corrected chi connectivity index (χ1v) is 9.51. The molecule has 0 aliphatic heterocycles. The molecule has 2 rings (SSSR count). The standard InChI is InChI=1S/C22H32N4O2.HI/c1-6-26(3)16-18-9-7-8-17(12-18)14-24-22(23-2)25-15-19-10-11-20(27-4)13-21(19)28-5;/h7-13H,6,14-16H2,1-5H3,(H2,23,24,25);1H. The van der Waals surface area contributed by atoms with Crippen molar-refractivity contribution >= 4 is 29.9 Å². The van der Waals surface area contributed by atoms with Crippen LogP contribution in [0.3, 0.4) is 0 Å². The maximum Gasteiger partial charge on any atom is 0.191 e. The van der Waals surface area contributed by atoms with E-state index in [9.17, 15) is 0 Å². The lowest BCUT2D eigenvalue weighted by Gasteiger charge is -2.16. The molecule has 0 aromatic heterocycles. The monoisotopic (exact) mass is 512 g/mol. The Labute approximate surface area is 191 Å². The summed E-state index contributed by atoms with van der Waals surface area (Å²) in [7, 11) is 7.21. The first kappa shape index (κ1) is 25.0. The molecule has 7 heteroatoms. The van der Waals surface area contributed by atoms with Gasteiger partial charge >= 0.3 is 0 Å². The SMILES string of the molecule is CCN(C)Cc1cccc(CNC(=NC)NCc2ccc(OC)cc2OC)c1.I. The molecule has 0 saturated heterocycles. The summed E-state index contributed by atoms with van der Waals surface area (Å²) in [5.74, 6) is 2.31. The van der Waals surface area contributed by atoms with E-state index in [1.54, 1.807) is 21.3 Å². The van der Waals surface area contributed by atoms with Gasteiger partial charge in [-0.3, -0.25) is 4.99 Å². The van der Waals surface area contributed by atoms with Crippen LogP contribution in [0.25, 0.3) is 0 Å². The van der Waals surface area contributed by atoms with Gasteiger partial charge in [0.05, 0.1) is 14.2 Å². The van der Waals surface area contributed by atoms with Crippen LogP contribution in [0.1, 0.15) is 23.6 Å². The predicted octanol–water partition coefficient (Wildman–Crippen LogP) is 3.64. The van der Waals surface area contributed by atoms with E-state index in [1.165, 1.54) is 11.1 Å². The van der Waals surface area contributed by atoms with Gasteiger partial charge < -0.3 is 25.0 Å². The zero-order chi connectivity index (χ0) is 20.4. The summed E-state index contributed by atoms with van der Waals surface area (Å²) in [5.41, 5.74) is 3.58. The van der Waals surface area contributed by atoms with Crippen LogP contribution in [0.15, 0.2) is 47.5 Å². The number of methoxy groups -OCH3 is 2. The van der Waals surface area contributed by atoms with Crippen molar-refractivity contribution in [1.29, 1.82) is 0 Å². The van der Waals surface area contributed by atoms with Crippen LogP contribution in [-0.2, 0) is 19.6 Å². The van der Waals surface area contributed by atoms with Crippen molar-refractivity contribution in [2.45, 2.75) is 26.6 Å². The van der Waals surface area contributed by atoms with Crippen molar-refractivity contribution in [3.63, 3.8) is 0 Å². The Kier molecular flexibility index (Phi) is 11.5. The van der Waals surface area contributed by atoms with Crippen molar-refractivity contribution in [2.24, 2.45) is 4.99 Å². The van der Waals surface area contributed by atoms with Crippen LogP contribution in [0.5, 0.6) is 11.5 Å². The van der Waals surface area contributed by atoms with E-state index in [-0.39, 0.29) is 24.0 Å². The van der Waals surface area contributed by atoms with Crippen LogP contribution >= 0.6 is 24.0 Å². The maximum atomic E-state index is 5.45. The first-order valence-electron chi connectivity index (χ1n) is 9.51. The zero-order valence-electron chi connectivity index (χ0n) is 18.0. The number of hydrogen-bond acceptors (Lipinski definition) is 4. The molecule has 0 atom stereocenters. The van der Waals surface area contributed by atoms with Crippen molar-refractivity contribution in [2.75, 3.05) is 34.9 Å². The first-order chi connectivity index (χ1) is 13.6. The van der Waals surface area contributed by atoms with Crippen LogP contribution in [0.2, 0.25) is 0 Å². The Morgan fingerprint density at radius 2 is 1.72 bits per heavy atom. The Balaban J connectivity index is 0.00000420. The van der Waals surface area contributed by atoms with Gasteiger partial charge in [0.2, 0.25) is 0 Å². The minimum Gasteiger partial charge on any atom is -0.497 e. The molecule has 0 radical (unpaired) electrons. The predicted molar refractivity (Wildman–Crippen MR) is 130 cm³/mol. The lowest BCUT2D eigenvalue weighted by atomic mass is 10.1. The highest BCUT2D eigenvalue weighted by Crippen LogP contribution is 2.24. The van der Waals surface area contributed by atoms with Crippen molar-refractivity contribution in [1.82, 2.24) is 15.5 Å². The lowest BCUT2D eigenvalue weighted by molar-refractivity contribution is 0.345. The number of benzene rings is 2. The summed E-state index contributed by atoms with van der Waals surface area (Å²) in [6.45, 7) is 5.47. The molecule has 2 aromatic carbocycles. The third-order valence-electron chi connectivity index (χ3n) is 4.61. The van der Waals surface area contributed by atoms with Crippen LogP contribution in [0.4, 0.5) is 0 Å². The highest BCUT2D eigenvalue weighted by Gasteiger charge is 2.07. The van der Waals surface area contributed by atoms with Gasteiger partial charge in [-0.1, -0.05) is 31.2 Å². The smallest absolute Gasteiger partial charge is 0.191 e. The van der Waals surface area contributed by atoms with Crippen LogP contribution in [-0.4, -0.2) is 45.7 Å². The van der Waals surface area contributed by atoms with Gasteiger partial charge in [-0.2, -0.15) is 0 Å². The second-order valence-corrected chi connectivity index (χ2v) is 6.61. The summed E-state index contributed by atoms with van der Waals surface area (Å²) < 4.78 is 10.7. The van der Waals surface area contributed by atoms with Gasteiger partial charge in [-0.25, -0.2) is 0 Å². The maximum absolute atomic E-state index is 5.45. The largest absolute Gasteiger partial charge is 0.497 e. The number of halogens is 1. The molecule has 0 fully saturated rings. The third kappa shape index (κ3) is 8.10. The fourth-order valence-electron chi connectivity index (χ4n) is 2.84. The molecule has 0 saturated carbocycles. The molecule has 0 aliphatic rings. The molecular weight excluding hydrogens is 479 g/mol. The zero-order valence-corrected chi connectivity index (χ0v) is 20.3. The van der Waals surface area contributed by atoms with E-state index in [0.717, 1.165) is 36.1 Å². The summed E-state index contributed by atoms with van der Waals surface area (Å²) in [4.78, 5) is 6.60. The Bertz CT molecular complexity index is 783. The number of nitrogens with zero attached hydrogens (tertiary/aromatic N) is 2. The molecule has 0 bridgehead atoms. The van der Waals surface area contributed by atoms with Gasteiger partial charge in [0, 0.05) is 38.3 Å². The quantitative estimate of drug-likeness (QED) is 0.305. The molecule has 0 aliphatic carbocycles. The number of guanidine groups is 1. The average molecular weight is 512 g/mol. The van der Waals surface area contributed by atoms with Crippen LogP contribution in [0, 0.1) is 0 Å². The average Bonchev–Trinajstić information content (AvgIpc) is 2.73. The summed E-state index contributed by atoms with van der Waals surface area (Å²) in [5, 5.41) is 6.70. The van der Waals surface area contributed by atoms with Crippen molar-refractivity contribution in [3.8, 4) is 11.5 Å². The Morgan fingerprint density at radius 1 is 1.00 bits per heavy atom. The van der Waals surface area contributed by atoms with Gasteiger partial charge in [0.1, 0.15) is 11.5 Å². The minimum atomic E-state index is 0. The second kappa shape index (κ2) is 13.3. The Morgan fingerprint density at radius 3 is 2.38 bits per heavy atom. The molecule has 29 heavy (non-hydrogen) atoms. The summed E-state index contributed by atoms with van der Waals surface area (Å²) in [6.07, 6.45) is 0. The van der Waals surface area contributed by atoms with Gasteiger partial charge in [0.25, 0.3) is 0 Å². The lowest BCUT2D eigenvalue weighted by Crippen LogP contribution is -2.36. The van der Waals surface area contributed by atoms with E-state index in [2.05, 4.69) is 58.8 Å². The van der Waals surface area contributed by atoms with Gasteiger partial charge in [0.15, 0.2) is 5.96 Å². The van der Waals surface area contributed by atoms with E-state index in [0.29, 0.717) is 13.1 Å². The van der Waals surface area contributed by atoms with E-state index < -0.39 is 0 Å². The van der Waals surface area contributed by atoms with Crippen molar-refractivity contribution < 1.29 is 9.47 Å². The normalized spacial score (nSPS) is 11.0. The molecule has 0 amide bonds. The molecule has 160 valence electrons. The van der Waals surface area contributed by atoms with Gasteiger partial charge in [-0.05, 0) is 36.9 Å². The number of hydrogen-bond donors (Lipinski definition) is 2. The molecule has 2 N–H and O–H groups in total. The highest BCUT2D eigenvalue weighted by molar-refractivity contribution is 14.0. The fraction of sp³-hybridized carbons (Fsp3) is 0.409. The molecular formula is C22H33IN4O2. The molecule has 0 spiro atoms. The second-order valence-electron chi connectivity index (χ2n) is 6.61. The molecule has 2 aromatic rings. The van der Waals surface area contributed by atoms with E-state index >= 15 is 0 Å². The fourth-order valence-corrected chi connectivity index (χ4v) is 2.84. The van der Waals surface area contributed by atoms with Crippen molar-refractivity contribution in [3.05, 3.63) is 59.2 Å². The van der Waals surface area contributed by atoms with E-state index in [1.807, 2.05) is 18.2 Å². The summed E-state index contributed by atoms with van der Waals surface area (Å²) in [6, 6.07) is 14.4. The number of aliphatic imine (C=N–C) groups is 1. The van der Waals surface area contributed by atoms with Gasteiger partial charge in [-0.15, -0.1) is 24.0 Å². The number of nitrogens with one attached hydrogen (secondary N) is 2. The van der Waals surface area contributed by atoms with E-state index in [4.69, 9.17) is 9.47 Å². The molecule has 0 heterocycles. The molecule has 6 nitrogen and oxygen atoms in total. The Hall–Kier alpha value is -2.00. The summed E-state index contributed by atoms with van der Waals surface area (Å²) >= 11 is 0. The molecule has 0 unspecified atom stereocenters. The number of ether oxygens (including phenoxy) is 2. The van der Waals surface area contributed by atoms with Crippen LogP contribution < -0.4 is 20.1 Å². The topological polar surface area (TPSA) is 58.1 Å². The highest BCUT2D eigenvalue weighted by atomic mass is 127. The third-order valence-corrected chi connectivity index (χ3v) is 4.61. The minimum absolute atomic E-state index is 0.